The molecule has 0 bridgehead atoms. The lowest BCUT2D eigenvalue weighted by atomic mass is 9.94. The number of nitrogens with one attached hydrogen (secondary N) is 1. The SMILES string of the molecule is CCOCC(C)NC(=O)C1(c2ccc(N)cc2)CC1. The van der Waals surface area contributed by atoms with Gasteiger partial charge in [-0.15, -0.1) is 0 Å². The van der Waals surface area contributed by atoms with Gasteiger partial charge in [-0.2, -0.15) is 0 Å². The number of anilines is 1. The zero-order valence-electron chi connectivity index (χ0n) is 11.6. The second-order valence-electron chi connectivity index (χ2n) is 5.24. The van der Waals surface area contributed by atoms with Gasteiger partial charge in [0, 0.05) is 18.3 Å². The topological polar surface area (TPSA) is 64.3 Å². The summed E-state index contributed by atoms with van der Waals surface area (Å²) in [6, 6.07) is 7.65. The Morgan fingerprint density at radius 3 is 2.58 bits per heavy atom. The first-order chi connectivity index (χ1) is 9.08. The zero-order chi connectivity index (χ0) is 13.9. The van der Waals surface area contributed by atoms with Crippen LogP contribution < -0.4 is 11.1 Å². The van der Waals surface area contributed by atoms with Gasteiger partial charge in [-0.05, 0) is 44.4 Å². The minimum Gasteiger partial charge on any atom is -0.399 e. The molecule has 0 heterocycles. The molecule has 1 fully saturated rings. The van der Waals surface area contributed by atoms with Gasteiger partial charge in [-0.25, -0.2) is 0 Å². The molecule has 1 saturated carbocycles. The standard InChI is InChI=1S/C15H22N2O2/c1-3-19-10-11(2)17-14(18)15(8-9-15)12-4-6-13(16)7-5-12/h4-7,11H,3,8-10,16H2,1-2H3,(H,17,18). The third-order valence-electron chi connectivity index (χ3n) is 3.60. The summed E-state index contributed by atoms with van der Waals surface area (Å²) in [6.45, 7) is 5.14. The Morgan fingerprint density at radius 1 is 1.42 bits per heavy atom. The Hall–Kier alpha value is -1.55. The van der Waals surface area contributed by atoms with Crippen molar-refractivity contribution >= 4 is 11.6 Å². The number of hydrogen-bond donors (Lipinski definition) is 2. The number of rotatable bonds is 6. The Balaban J connectivity index is 2.00. The quantitative estimate of drug-likeness (QED) is 0.769. The number of nitrogens with two attached hydrogens (primary N) is 1. The number of hydrogen-bond acceptors (Lipinski definition) is 3. The fraction of sp³-hybridized carbons (Fsp3) is 0.533. The smallest absolute Gasteiger partial charge is 0.230 e. The van der Waals surface area contributed by atoms with E-state index in [0.29, 0.717) is 13.2 Å². The normalized spacial score (nSPS) is 17.8. The van der Waals surface area contributed by atoms with E-state index < -0.39 is 0 Å². The van der Waals surface area contributed by atoms with Crippen molar-refractivity contribution in [2.24, 2.45) is 0 Å². The van der Waals surface area contributed by atoms with E-state index in [2.05, 4.69) is 5.32 Å². The molecule has 0 aromatic heterocycles. The molecule has 3 N–H and O–H groups in total. The molecular formula is C15H22N2O2. The first kappa shape index (κ1) is 13.9. The lowest BCUT2D eigenvalue weighted by Crippen LogP contribution is -2.42. The summed E-state index contributed by atoms with van der Waals surface area (Å²) in [5.41, 5.74) is 7.13. The van der Waals surface area contributed by atoms with Crippen LogP contribution in [-0.2, 0) is 14.9 Å². The Labute approximate surface area is 114 Å². The van der Waals surface area contributed by atoms with E-state index in [1.54, 1.807) is 0 Å². The van der Waals surface area contributed by atoms with Crippen LogP contribution in [0.2, 0.25) is 0 Å². The molecule has 1 atom stereocenters. The number of carbonyl (C=O) groups is 1. The van der Waals surface area contributed by atoms with Crippen LogP contribution in [0.25, 0.3) is 0 Å². The van der Waals surface area contributed by atoms with Gasteiger partial charge in [0.25, 0.3) is 0 Å². The minimum atomic E-state index is -0.339. The molecule has 104 valence electrons. The van der Waals surface area contributed by atoms with Crippen molar-refractivity contribution in [1.29, 1.82) is 0 Å². The van der Waals surface area contributed by atoms with Crippen molar-refractivity contribution in [3.8, 4) is 0 Å². The molecule has 4 heteroatoms. The fourth-order valence-electron chi connectivity index (χ4n) is 2.27. The molecule has 0 saturated heterocycles. The van der Waals surface area contributed by atoms with Crippen molar-refractivity contribution in [2.45, 2.75) is 38.1 Å². The van der Waals surface area contributed by atoms with Crippen molar-refractivity contribution in [3.63, 3.8) is 0 Å². The first-order valence-corrected chi connectivity index (χ1v) is 6.83. The van der Waals surface area contributed by atoms with E-state index >= 15 is 0 Å². The summed E-state index contributed by atoms with van der Waals surface area (Å²) in [6.07, 6.45) is 1.81. The van der Waals surface area contributed by atoms with Gasteiger partial charge in [0.05, 0.1) is 12.0 Å². The van der Waals surface area contributed by atoms with Crippen molar-refractivity contribution in [3.05, 3.63) is 29.8 Å². The monoisotopic (exact) mass is 262 g/mol. The summed E-state index contributed by atoms with van der Waals surface area (Å²) >= 11 is 0. The lowest BCUT2D eigenvalue weighted by Gasteiger charge is -2.20. The van der Waals surface area contributed by atoms with Crippen molar-refractivity contribution in [1.82, 2.24) is 5.32 Å². The summed E-state index contributed by atoms with van der Waals surface area (Å²) in [4.78, 5) is 12.4. The summed E-state index contributed by atoms with van der Waals surface area (Å²) in [5, 5.41) is 3.04. The molecule has 0 radical (unpaired) electrons. The molecule has 1 unspecified atom stereocenters. The molecule has 1 aliphatic carbocycles. The van der Waals surface area contributed by atoms with E-state index in [9.17, 15) is 4.79 Å². The highest BCUT2D eigenvalue weighted by atomic mass is 16.5. The predicted octanol–water partition coefficient (Wildman–Crippen LogP) is 1.84. The van der Waals surface area contributed by atoms with Gasteiger partial charge in [0.15, 0.2) is 0 Å². The van der Waals surface area contributed by atoms with Crippen LogP contribution in [0.15, 0.2) is 24.3 Å². The zero-order valence-corrected chi connectivity index (χ0v) is 11.6. The molecular weight excluding hydrogens is 240 g/mol. The van der Waals surface area contributed by atoms with Crippen LogP contribution in [0.5, 0.6) is 0 Å². The van der Waals surface area contributed by atoms with Gasteiger partial charge in [-0.1, -0.05) is 12.1 Å². The molecule has 4 nitrogen and oxygen atoms in total. The maximum absolute atomic E-state index is 12.4. The second kappa shape index (κ2) is 5.61. The van der Waals surface area contributed by atoms with Crippen LogP contribution in [0.1, 0.15) is 32.3 Å². The first-order valence-electron chi connectivity index (χ1n) is 6.83. The molecule has 1 aliphatic rings. The molecule has 0 aliphatic heterocycles. The van der Waals surface area contributed by atoms with Crippen molar-refractivity contribution < 1.29 is 9.53 Å². The highest BCUT2D eigenvalue weighted by molar-refractivity contribution is 5.91. The number of ether oxygens (including phenoxy) is 1. The van der Waals surface area contributed by atoms with E-state index in [-0.39, 0.29) is 17.4 Å². The summed E-state index contributed by atoms with van der Waals surface area (Å²) in [5.74, 6) is 0.101. The summed E-state index contributed by atoms with van der Waals surface area (Å²) in [7, 11) is 0. The van der Waals surface area contributed by atoms with Gasteiger partial charge in [-0.3, -0.25) is 4.79 Å². The highest BCUT2D eigenvalue weighted by Gasteiger charge is 2.51. The average Bonchev–Trinajstić information content (AvgIpc) is 3.18. The van der Waals surface area contributed by atoms with E-state index in [1.165, 1.54) is 0 Å². The number of nitrogen functional groups attached to an aromatic ring is 1. The third-order valence-corrected chi connectivity index (χ3v) is 3.60. The molecule has 1 amide bonds. The predicted molar refractivity (Wildman–Crippen MR) is 75.9 cm³/mol. The van der Waals surface area contributed by atoms with Crippen LogP contribution in [0.3, 0.4) is 0 Å². The molecule has 0 spiro atoms. The van der Waals surface area contributed by atoms with Crippen LogP contribution in [-0.4, -0.2) is 25.2 Å². The van der Waals surface area contributed by atoms with Crippen LogP contribution >= 0.6 is 0 Å². The van der Waals surface area contributed by atoms with E-state index in [0.717, 1.165) is 24.1 Å². The maximum atomic E-state index is 12.4. The number of amides is 1. The second-order valence-corrected chi connectivity index (χ2v) is 5.24. The molecule has 19 heavy (non-hydrogen) atoms. The highest BCUT2D eigenvalue weighted by Crippen LogP contribution is 2.48. The van der Waals surface area contributed by atoms with Crippen LogP contribution in [0.4, 0.5) is 5.69 Å². The largest absolute Gasteiger partial charge is 0.399 e. The van der Waals surface area contributed by atoms with Gasteiger partial charge >= 0.3 is 0 Å². The summed E-state index contributed by atoms with van der Waals surface area (Å²) < 4.78 is 5.32. The molecule has 1 aromatic carbocycles. The Kier molecular flexibility index (Phi) is 4.10. The Bertz CT molecular complexity index is 438. The third kappa shape index (κ3) is 3.07. The van der Waals surface area contributed by atoms with Gasteiger partial charge < -0.3 is 15.8 Å². The molecule has 2 rings (SSSR count). The average molecular weight is 262 g/mol. The van der Waals surface area contributed by atoms with Gasteiger partial charge in [0.1, 0.15) is 0 Å². The number of carbonyl (C=O) groups excluding carboxylic acids is 1. The fourth-order valence-corrected chi connectivity index (χ4v) is 2.27. The Morgan fingerprint density at radius 2 is 2.05 bits per heavy atom. The van der Waals surface area contributed by atoms with E-state index in [1.807, 2.05) is 38.1 Å². The number of benzene rings is 1. The maximum Gasteiger partial charge on any atom is 0.230 e. The minimum absolute atomic E-state index is 0.0405. The van der Waals surface area contributed by atoms with Crippen molar-refractivity contribution in [2.75, 3.05) is 18.9 Å². The van der Waals surface area contributed by atoms with Gasteiger partial charge in [0.2, 0.25) is 5.91 Å². The van der Waals surface area contributed by atoms with E-state index in [4.69, 9.17) is 10.5 Å². The lowest BCUT2D eigenvalue weighted by molar-refractivity contribution is -0.124. The van der Waals surface area contributed by atoms with Crippen LogP contribution in [0, 0.1) is 0 Å². The molecule has 1 aromatic rings.